The van der Waals surface area contributed by atoms with Gasteiger partial charge in [0.25, 0.3) is 5.56 Å². The van der Waals surface area contributed by atoms with Gasteiger partial charge >= 0.3 is 5.76 Å². The third-order valence-corrected chi connectivity index (χ3v) is 7.59. The molecule has 5 rings (SSSR count). The summed E-state index contributed by atoms with van der Waals surface area (Å²) in [5.74, 6) is 0.315. The van der Waals surface area contributed by atoms with E-state index in [9.17, 15) is 14.7 Å². The molecule has 1 unspecified atom stereocenters. The van der Waals surface area contributed by atoms with Crippen molar-refractivity contribution in [1.29, 1.82) is 0 Å². The standard InChI is InChI=1S/C31H34N6O4/c1-4-21(16-17-38)11-10-20(3)36-29(39)26(27(5-2)37-30(36)32-19-33-37)18-22-12-14-23(15-13-22)24-8-6-7-9-25(24)28-34-31(40)41-35-28/h6-9,12-16,19-20,38H,4-5,10-11,17-18H2,1-3H3,(H,34,35,40)/b21-16-. The lowest BCUT2D eigenvalue weighted by molar-refractivity contribution is 0.340. The predicted octanol–water partition coefficient (Wildman–Crippen LogP) is 4.72. The van der Waals surface area contributed by atoms with Crippen molar-refractivity contribution in [3.8, 4) is 22.5 Å². The summed E-state index contributed by atoms with van der Waals surface area (Å²) in [4.78, 5) is 32.6. The van der Waals surface area contributed by atoms with E-state index in [1.165, 1.54) is 11.9 Å². The van der Waals surface area contributed by atoms with Crippen molar-refractivity contribution in [2.45, 2.75) is 58.9 Å². The summed E-state index contributed by atoms with van der Waals surface area (Å²) >= 11 is 0. The van der Waals surface area contributed by atoms with Crippen molar-refractivity contribution < 1.29 is 9.63 Å². The Hall–Kier alpha value is -4.57. The maximum atomic E-state index is 14.0. The van der Waals surface area contributed by atoms with E-state index in [-0.39, 0.29) is 18.2 Å². The van der Waals surface area contributed by atoms with Crippen LogP contribution in [0.2, 0.25) is 0 Å². The number of fused-ring (bicyclic) bond motifs is 1. The number of nitrogens with one attached hydrogen (secondary N) is 1. The van der Waals surface area contributed by atoms with Gasteiger partial charge in [-0.2, -0.15) is 10.1 Å². The van der Waals surface area contributed by atoms with Gasteiger partial charge in [0.2, 0.25) is 5.78 Å². The van der Waals surface area contributed by atoms with Gasteiger partial charge in [-0.1, -0.05) is 79.2 Å². The molecule has 0 saturated heterocycles. The Labute approximate surface area is 237 Å². The van der Waals surface area contributed by atoms with Crippen LogP contribution in [0.1, 0.15) is 62.9 Å². The van der Waals surface area contributed by atoms with Crippen LogP contribution in [0.25, 0.3) is 28.3 Å². The van der Waals surface area contributed by atoms with Crippen LogP contribution in [0.3, 0.4) is 0 Å². The topological polar surface area (TPSA) is 131 Å². The second kappa shape index (κ2) is 12.3. The molecule has 3 heterocycles. The molecule has 10 heteroatoms. The summed E-state index contributed by atoms with van der Waals surface area (Å²) in [5.41, 5.74) is 6.27. The third kappa shape index (κ3) is 5.69. The van der Waals surface area contributed by atoms with Crippen LogP contribution in [0.4, 0.5) is 0 Å². The normalized spacial score (nSPS) is 12.7. The van der Waals surface area contributed by atoms with Gasteiger partial charge in [0.05, 0.1) is 12.3 Å². The highest BCUT2D eigenvalue weighted by Crippen LogP contribution is 2.30. The Morgan fingerprint density at radius 3 is 2.51 bits per heavy atom. The largest absolute Gasteiger partial charge is 0.439 e. The maximum absolute atomic E-state index is 14.0. The van der Waals surface area contributed by atoms with Gasteiger partial charge in [-0.3, -0.25) is 18.9 Å². The summed E-state index contributed by atoms with van der Waals surface area (Å²) in [5, 5.41) is 17.6. The summed E-state index contributed by atoms with van der Waals surface area (Å²) in [6.45, 7) is 6.15. The first-order chi connectivity index (χ1) is 19.9. The van der Waals surface area contributed by atoms with Gasteiger partial charge in [-0.25, -0.2) is 9.31 Å². The second-order valence-corrected chi connectivity index (χ2v) is 10.1. The molecule has 0 saturated carbocycles. The first-order valence-electron chi connectivity index (χ1n) is 13.9. The molecule has 212 valence electrons. The summed E-state index contributed by atoms with van der Waals surface area (Å²) in [6, 6.07) is 15.6. The molecule has 0 radical (unpaired) electrons. The SMILES string of the molecule is CC/C(=C/CO)CCC(C)n1c(=O)c(Cc2ccc(-c3ccccc3-c3noc(=O)[nH]3)cc2)c(CC)n2ncnc12. The number of rotatable bonds is 11. The van der Waals surface area contributed by atoms with Crippen molar-refractivity contribution in [3.05, 3.63) is 104 Å². The number of aromatic amines is 1. The lowest BCUT2D eigenvalue weighted by Gasteiger charge is -2.20. The molecule has 0 aliphatic heterocycles. The fraction of sp³-hybridized carbons (Fsp3) is 0.323. The molecule has 0 bridgehead atoms. The minimum Gasteiger partial charge on any atom is -0.392 e. The van der Waals surface area contributed by atoms with Crippen LogP contribution >= 0.6 is 0 Å². The number of aliphatic hydroxyl groups excluding tert-OH is 1. The molecule has 3 aromatic heterocycles. The Bertz CT molecular complexity index is 1790. The molecule has 41 heavy (non-hydrogen) atoms. The van der Waals surface area contributed by atoms with Crippen molar-refractivity contribution >= 4 is 5.78 Å². The number of benzene rings is 2. The highest BCUT2D eigenvalue weighted by molar-refractivity contribution is 5.80. The van der Waals surface area contributed by atoms with Crippen LogP contribution < -0.4 is 11.3 Å². The maximum Gasteiger partial charge on any atom is 0.439 e. The first kappa shape index (κ1) is 28.0. The number of hydrogen-bond donors (Lipinski definition) is 2. The molecule has 10 nitrogen and oxygen atoms in total. The van der Waals surface area contributed by atoms with E-state index in [4.69, 9.17) is 4.52 Å². The number of aryl methyl sites for hydroxylation is 1. The molecule has 0 aliphatic carbocycles. The van der Waals surface area contributed by atoms with E-state index in [1.807, 2.05) is 68.5 Å². The quantitative estimate of drug-likeness (QED) is 0.226. The number of aromatic nitrogens is 6. The average Bonchev–Trinajstić information content (AvgIpc) is 3.65. The molecular weight excluding hydrogens is 520 g/mol. The zero-order valence-electron chi connectivity index (χ0n) is 23.5. The van der Waals surface area contributed by atoms with Gasteiger partial charge < -0.3 is 5.11 Å². The Morgan fingerprint density at radius 1 is 1.10 bits per heavy atom. The van der Waals surface area contributed by atoms with Crippen LogP contribution in [-0.4, -0.2) is 41.0 Å². The van der Waals surface area contributed by atoms with E-state index in [0.717, 1.165) is 47.2 Å². The zero-order chi connectivity index (χ0) is 28.9. The van der Waals surface area contributed by atoms with E-state index >= 15 is 0 Å². The van der Waals surface area contributed by atoms with Crippen molar-refractivity contribution in [3.63, 3.8) is 0 Å². The van der Waals surface area contributed by atoms with Crippen LogP contribution in [0, 0.1) is 0 Å². The van der Waals surface area contributed by atoms with Gasteiger partial charge in [-0.05, 0) is 49.3 Å². The predicted molar refractivity (Wildman–Crippen MR) is 157 cm³/mol. The third-order valence-electron chi connectivity index (χ3n) is 7.59. The highest BCUT2D eigenvalue weighted by atomic mass is 16.5. The number of H-pyrrole nitrogens is 1. The van der Waals surface area contributed by atoms with Crippen molar-refractivity contribution in [2.24, 2.45) is 0 Å². The summed E-state index contributed by atoms with van der Waals surface area (Å²) in [7, 11) is 0. The fourth-order valence-electron chi connectivity index (χ4n) is 5.38. The van der Waals surface area contributed by atoms with E-state index in [1.54, 1.807) is 9.08 Å². The smallest absolute Gasteiger partial charge is 0.392 e. The lowest BCUT2D eigenvalue weighted by atomic mass is 9.96. The monoisotopic (exact) mass is 554 g/mol. The fourth-order valence-corrected chi connectivity index (χ4v) is 5.38. The molecule has 0 aliphatic rings. The van der Waals surface area contributed by atoms with Crippen molar-refractivity contribution in [2.75, 3.05) is 6.61 Å². The number of aliphatic hydroxyl groups is 1. The van der Waals surface area contributed by atoms with Gasteiger partial charge in [-0.15, -0.1) is 0 Å². The molecule has 1 atom stereocenters. The molecule has 0 amide bonds. The molecule has 2 N–H and O–H groups in total. The van der Waals surface area contributed by atoms with Crippen LogP contribution in [0.15, 0.2) is 80.6 Å². The lowest BCUT2D eigenvalue weighted by Crippen LogP contribution is -2.31. The van der Waals surface area contributed by atoms with Crippen molar-refractivity contribution in [1.82, 2.24) is 29.3 Å². The number of hydrogen-bond acceptors (Lipinski definition) is 7. The molecule has 2 aromatic carbocycles. The van der Waals surface area contributed by atoms with Gasteiger partial charge in [0.15, 0.2) is 5.82 Å². The Balaban J connectivity index is 1.48. The van der Waals surface area contributed by atoms with Crippen LogP contribution in [-0.2, 0) is 12.8 Å². The molecule has 0 spiro atoms. The van der Waals surface area contributed by atoms with E-state index in [2.05, 4.69) is 27.1 Å². The van der Waals surface area contributed by atoms with E-state index < -0.39 is 5.76 Å². The number of nitrogens with zero attached hydrogens (tertiary/aromatic N) is 5. The summed E-state index contributed by atoms with van der Waals surface area (Å²) in [6.07, 6.45) is 6.84. The van der Waals surface area contributed by atoms with E-state index in [0.29, 0.717) is 30.0 Å². The molecule has 5 aromatic rings. The first-order valence-corrected chi connectivity index (χ1v) is 13.9. The molecular formula is C31H34N6O4. The van der Waals surface area contributed by atoms with Crippen LogP contribution in [0.5, 0.6) is 0 Å². The second-order valence-electron chi connectivity index (χ2n) is 10.1. The molecule has 0 fully saturated rings. The number of allylic oxidation sites excluding steroid dienone is 1. The minimum absolute atomic E-state index is 0.0192. The summed E-state index contributed by atoms with van der Waals surface area (Å²) < 4.78 is 8.26. The Morgan fingerprint density at radius 2 is 1.85 bits per heavy atom. The minimum atomic E-state index is -0.603. The van der Waals surface area contributed by atoms with Gasteiger partial charge in [0, 0.05) is 23.6 Å². The van der Waals surface area contributed by atoms with Gasteiger partial charge in [0.1, 0.15) is 6.33 Å². The highest BCUT2D eigenvalue weighted by Gasteiger charge is 2.21. The Kier molecular flexibility index (Phi) is 8.39. The average molecular weight is 555 g/mol. The zero-order valence-corrected chi connectivity index (χ0v) is 23.5.